The molecule has 0 radical (unpaired) electrons. The maximum absolute atomic E-state index is 4.86. The fourth-order valence-corrected chi connectivity index (χ4v) is 0.0609. The maximum atomic E-state index is 4.86. The van der Waals surface area contributed by atoms with E-state index in [0.29, 0.717) is 0 Å². The number of hydrogen-bond donors (Lipinski definition) is 2. The van der Waals surface area contributed by atoms with Crippen molar-refractivity contribution in [2.75, 3.05) is 0 Å². The molecule has 0 spiro atoms. The second kappa shape index (κ2) is 3.49. The zero-order chi connectivity index (χ0) is 4.12. The number of rotatable bonds is 1. The molecule has 0 aromatic carbocycles. The molecule has 4 N–H and O–H groups in total. The van der Waals surface area contributed by atoms with Crippen molar-refractivity contribution in [1.29, 1.82) is 0 Å². The third-order valence-electron chi connectivity index (χ3n) is 0.211. The summed E-state index contributed by atoms with van der Waals surface area (Å²) in [5.74, 6) is 0. The highest BCUT2D eigenvalue weighted by Gasteiger charge is 1.58. The summed E-state index contributed by atoms with van der Waals surface area (Å²) in [7, 11) is 0.288. The predicted molar refractivity (Wildman–Crippen MR) is 24.0 cm³/mol. The van der Waals surface area contributed by atoms with Crippen molar-refractivity contribution in [3.05, 3.63) is 0 Å². The predicted octanol–water partition coefficient (Wildman–Crippen LogP) is -1.80. The van der Waals surface area contributed by atoms with Crippen molar-refractivity contribution in [3.8, 4) is 0 Å². The zero-order valence-corrected chi connectivity index (χ0v) is 2.89. The number of nitrogens with zero attached hydrogens (tertiary/aromatic N) is 1. The Balaban J connectivity index is 2.62. The SMILES string of the molecule is NB/N=C/N. The van der Waals surface area contributed by atoms with Crippen LogP contribution in [0.5, 0.6) is 0 Å². The molecule has 0 aliphatic heterocycles. The second-order valence-electron chi connectivity index (χ2n) is 0.514. The Morgan fingerprint density at radius 3 is 2.40 bits per heavy atom. The van der Waals surface area contributed by atoms with Crippen LogP contribution in [0.3, 0.4) is 0 Å². The Bertz CT molecular complexity index is 33.9. The van der Waals surface area contributed by atoms with Crippen LogP contribution in [0, 0.1) is 0 Å². The Kier molecular flexibility index (Phi) is 3.14. The number of hydrogen-bond acceptors (Lipinski definition) is 2. The van der Waals surface area contributed by atoms with E-state index in [1.165, 1.54) is 6.34 Å². The lowest BCUT2D eigenvalue weighted by Crippen LogP contribution is -2.02. The highest BCUT2D eigenvalue weighted by Crippen LogP contribution is 1.36. The van der Waals surface area contributed by atoms with Crippen LogP contribution >= 0.6 is 0 Å². The lowest BCUT2D eigenvalue weighted by Gasteiger charge is -1.66. The van der Waals surface area contributed by atoms with E-state index in [1.54, 1.807) is 0 Å². The molecule has 0 heterocycles. The van der Waals surface area contributed by atoms with E-state index in [2.05, 4.69) is 4.90 Å². The van der Waals surface area contributed by atoms with Gasteiger partial charge in [-0.15, -0.1) is 0 Å². The molecule has 0 saturated carbocycles. The normalized spacial score (nSPS) is 9.00. The van der Waals surface area contributed by atoms with Crippen LogP contribution in [0.15, 0.2) is 4.90 Å². The van der Waals surface area contributed by atoms with Crippen LogP contribution in [0.2, 0.25) is 0 Å². The van der Waals surface area contributed by atoms with Gasteiger partial charge in [0.2, 0.25) is 0 Å². The molecule has 0 unspecified atom stereocenters. The van der Waals surface area contributed by atoms with Gasteiger partial charge in [0.15, 0.2) is 0 Å². The van der Waals surface area contributed by atoms with Gasteiger partial charge in [0.25, 0.3) is 0 Å². The van der Waals surface area contributed by atoms with Gasteiger partial charge in [-0.25, -0.2) is 0 Å². The minimum atomic E-state index is 0.288. The molecule has 0 aromatic rings. The summed E-state index contributed by atoms with van der Waals surface area (Å²) >= 11 is 0. The first kappa shape index (κ1) is 4.49. The van der Waals surface area contributed by atoms with Gasteiger partial charge in [0, 0.05) is 0 Å². The first-order chi connectivity index (χ1) is 2.41. The Hall–Kier alpha value is -0.505. The fourth-order valence-electron chi connectivity index (χ4n) is 0.0609. The molecule has 0 saturated heterocycles. The summed E-state index contributed by atoms with van der Waals surface area (Å²) < 4.78 is 0. The van der Waals surface area contributed by atoms with Crippen LogP contribution in [0.1, 0.15) is 0 Å². The first-order valence-electron chi connectivity index (χ1n) is 1.32. The maximum Gasteiger partial charge on any atom is 0.340 e. The van der Waals surface area contributed by atoms with Crippen molar-refractivity contribution in [1.82, 2.24) is 0 Å². The summed E-state index contributed by atoms with van der Waals surface area (Å²) in [4.78, 5) is 3.40. The van der Waals surface area contributed by atoms with Crippen molar-refractivity contribution in [2.45, 2.75) is 0 Å². The van der Waals surface area contributed by atoms with Crippen LogP contribution < -0.4 is 11.4 Å². The average molecular weight is 70.9 g/mol. The van der Waals surface area contributed by atoms with Crippen LogP contribution in [0.25, 0.3) is 0 Å². The second-order valence-corrected chi connectivity index (χ2v) is 0.514. The van der Waals surface area contributed by atoms with Crippen molar-refractivity contribution in [3.63, 3.8) is 0 Å². The van der Waals surface area contributed by atoms with Gasteiger partial charge in [-0.3, -0.25) is 0 Å². The smallest absolute Gasteiger partial charge is 0.340 e. The molecule has 0 atom stereocenters. The monoisotopic (exact) mass is 71.1 g/mol. The molecular formula is CH6BN3. The van der Waals surface area contributed by atoms with Gasteiger partial charge >= 0.3 is 7.55 Å². The van der Waals surface area contributed by atoms with Crippen molar-refractivity contribution >= 4 is 13.9 Å². The van der Waals surface area contributed by atoms with Crippen molar-refractivity contribution < 1.29 is 0 Å². The topological polar surface area (TPSA) is 64.4 Å². The molecule has 0 bridgehead atoms. The highest BCUT2D eigenvalue weighted by molar-refractivity contribution is 6.30. The quantitative estimate of drug-likeness (QED) is 0.217. The molecule has 0 aromatic heterocycles. The van der Waals surface area contributed by atoms with E-state index in [0.717, 1.165) is 0 Å². The molecule has 0 rings (SSSR count). The molecule has 3 nitrogen and oxygen atoms in total. The van der Waals surface area contributed by atoms with E-state index in [4.69, 9.17) is 11.4 Å². The highest BCUT2D eigenvalue weighted by atomic mass is 14.8. The summed E-state index contributed by atoms with van der Waals surface area (Å²) in [6, 6.07) is 0. The Labute approximate surface area is 31.3 Å². The molecular weight excluding hydrogens is 64.8 g/mol. The van der Waals surface area contributed by atoms with Gasteiger partial charge < -0.3 is 16.3 Å². The molecule has 0 aliphatic rings. The van der Waals surface area contributed by atoms with E-state index in [-0.39, 0.29) is 7.55 Å². The molecule has 4 heteroatoms. The molecule has 28 valence electrons. The fraction of sp³-hybridized carbons (Fsp3) is 0. The first-order valence-corrected chi connectivity index (χ1v) is 1.32. The summed E-state index contributed by atoms with van der Waals surface area (Å²) in [5, 5.41) is 0. The van der Waals surface area contributed by atoms with Gasteiger partial charge in [-0.2, -0.15) is 0 Å². The van der Waals surface area contributed by atoms with E-state index in [9.17, 15) is 0 Å². The minimum absolute atomic E-state index is 0.288. The molecule has 0 fully saturated rings. The van der Waals surface area contributed by atoms with Gasteiger partial charge in [-0.1, -0.05) is 0 Å². The van der Waals surface area contributed by atoms with Crippen LogP contribution in [-0.2, 0) is 0 Å². The zero-order valence-electron chi connectivity index (χ0n) is 2.89. The van der Waals surface area contributed by atoms with E-state index >= 15 is 0 Å². The van der Waals surface area contributed by atoms with E-state index in [1.807, 2.05) is 0 Å². The minimum Gasteiger partial charge on any atom is -0.391 e. The van der Waals surface area contributed by atoms with E-state index < -0.39 is 0 Å². The standard InChI is InChI=1S/CH6BN3/c3-1-5-2-4/h1-2H,4H2,(H2,3,5). The largest absolute Gasteiger partial charge is 0.391 e. The van der Waals surface area contributed by atoms with Gasteiger partial charge in [0.1, 0.15) is 0 Å². The summed E-state index contributed by atoms with van der Waals surface area (Å²) in [6.07, 6.45) is 1.18. The third-order valence-corrected chi connectivity index (χ3v) is 0.211. The third kappa shape index (κ3) is 3.49. The lowest BCUT2D eigenvalue weighted by molar-refractivity contribution is 1.69. The van der Waals surface area contributed by atoms with Crippen molar-refractivity contribution in [2.24, 2.45) is 16.3 Å². The molecule has 5 heavy (non-hydrogen) atoms. The van der Waals surface area contributed by atoms with Crippen LogP contribution in [0.4, 0.5) is 0 Å². The van der Waals surface area contributed by atoms with Crippen LogP contribution in [-0.4, -0.2) is 13.9 Å². The Morgan fingerprint density at radius 1 is 1.80 bits per heavy atom. The number of nitrogens with two attached hydrogens (primary N) is 2. The molecule has 0 aliphatic carbocycles. The van der Waals surface area contributed by atoms with Gasteiger partial charge in [-0.05, 0) is 0 Å². The van der Waals surface area contributed by atoms with Gasteiger partial charge in [0.05, 0.1) is 6.34 Å². The lowest BCUT2D eigenvalue weighted by atomic mass is 10.3. The summed E-state index contributed by atoms with van der Waals surface area (Å²) in [5.41, 5.74) is 9.63. The summed E-state index contributed by atoms with van der Waals surface area (Å²) in [6.45, 7) is 0. The average Bonchev–Trinajstić information content (AvgIpc) is 1.41. The molecule has 0 amide bonds. The Morgan fingerprint density at radius 2 is 2.40 bits per heavy atom.